The number of carbonyl (C=O) groups excluding carboxylic acids is 1. The topological polar surface area (TPSA) is 55.1 Å². The Kier molecular flexibility index (Phi) is 5.46. The van der Waals surface area contributed by atoms with E-state index in [1.165, 1.54) is 6.07 Å². The number of rotatable bonds is 6. The van der Waals surface area contributed by atoms with Gasteiger partial charge in [0.15, 0.2) is 0 Å². The smallest absolute Gasteiger partial charge is 0.224 e. The molecule has 0 heterocycles. The molecule has 1 amide bonds. The fraction of sp³-hybridized carbons (Fsp3) is 0.235. The minimum absolute atomic E-state index is 0.0631. The Bertz CT molecular complexity index is 596. The first kappa shape index (κ1) is 15.2. The summed E-state index contributed by atoms with van der Waals surface area (Å²) in [4.78, 5) is 11.8. The molecule has 0 saturated heterocycles. The number of hydrogen-bond acceptors (Lipinski definition) is 2. The first-order valence-electron chi connectivity index (χ1n) is 6.97. The molecule has 2 aromatic carbocycles. The van der Waals surface area contributed by atoms with Gasteiger partial charge in [-0.05, 0) is 29.2 Å². The van der Waals surface area contributed by atoms with E-state index in [1.54, 1.807) is 18.2 Å². The first-order chi connectivity index (χ1) is 10.2. The van der Waals surface area contributed by atoms with E-state index in [4.69, 9.17) is 5.73 Å². The van der Waals surface area contributed by atoms with Crippen LogP contribution in [0.1, 0.15) is 16.7 Å². The molecule has 3 nitrogen and oxygen atoms in total. The van der Waals surface area contributed by atoms with Gasteiger partial charge in [0.25, 0.3) is 0 Å². The zero-order chi connectivity index (χ0) is 15.1. The van der Waals surface area contributed by atoms with Gasteiger partial charge in [0, 0.05) is 13.1 Å². The summed E-state index contributed by atoms with van der Waals surface area (Å²) >= 11 is 0. The van der Waals surface area contributed by atoms with E-state index in [0.717, 1.165) is 11.1 Å². The molecule has 0 atom stereocenters. The maximum absolute atomic E-state index is 13.4. The fourth-order valence-corrected chi connectivity index (χ4v) is 2.08. The Morgan fingerprint density at radius 1 is 1.05 bits per heavy atom. The average molecular weight is 286 g/mol. The van der Waals surface area contributed by atoms with Crippen LogP contribution >= 0.6 is 0 Å². The van der Waals surface area contributed by atoms with E-state index in [2.05, 4.69) is 5.32 Å². The molecular formula is C17H19FN2O. The molecule has 0 radical (unpaired) electrons. The number of nitrogens with two attached hydrogens (primary N) is 1. The zero-order valence-electron chi connectivity index (χ0n) is 11.8. The van der Waals surface area contributed by atoms with Crippen molar-refractivity contribution < 1.29 is 9.18 Å². The zero-order valence-corrected chi connectivity index (χ0v) is 11.8. The van der Waals surface area contributed by atoms with Crippen molar-refractivity contribution in [2.75, 3.05) is 6.54 Å². The molecule has 0 aliphatic heterocycles. The van der Waals surface area contributed by atoms with Crippen LogP contribution in [0, 0.1) is 5.82 Å². The average Bonchev–Trinajstić information content (AvgIpc) is 2.50. The number of benzene rings is 2. The van der Waals surface area contributed by atoms with E-state index in [-0.39, 0.29) is 11.7 Å². The summed E-state index contributed by atoms with van der Waals surface area (Å²) in [6, 6.07) is 14.2. The van der Waals surface area contributed by atoms with Crippen LogP contribution in [-0.2, 0) is 24.2 Å². The third-order valence-electron chi connectivity index (χ3n) is 3.30. The molecular weight excluding hydrogens is 267 g/mol. The Morgan fingerprint density at radius 3 is 2.38 bits per heavy atom. The maximum atomic E-state index is 13.4. The molecule has 0 spiro atoms. The van der Waals surface area contributed by atoms with Gasteiger partial charge in [-0.3, -0.25) is 4.79 Å². The summed E-state index contributed by atoms with van der Waals surface area (Å²) in [5.74, 6) is -0.295. The highest BCUT2D eigenvalue weighted by Gasteiger charge is 2.04. The molecule has 2 aromatic rings. The Morgan fingerprint density at radius 2 is 1.71 bits per heavy atom. The van der Waals surface area contributed by atoms with Crippen molar-refractivity contribution in [1.82, 2.24) is 5.32 Å². The van der Waals surface area contributed by atoms with Crippen molar-refractivity contribution in [3.8, 4) is 0 Å². The van der Waals surface area contributed by atoms with Crippen LogP contribution in [0.2, 0.25) is 0 Å². The van der Waals surface area contributed by atoms with Gasteiger partial charge in [-0.2, -0.15) is 0 Å². The van der Waals surface area contributed by atoms with Gasteiger partial charge in [-0.15, -0.1) is 0 Å². The predicted molar refractivity (Wildman–Crippen MR) is 81.2 cm³/mol. The van der Waals surface area contributed by atoms with Crippen molar-refractivity contribution in [2.45, 2.75) is 19.4 Å². The van der Waals surface area contributed by atoms with E-state index in [9.17, 15) is 9.18 Å². The summed E-state index contributed by atoms with van der Waals surface area (Å²) in [5.41, 5.74) is 8.12. The fourth-order valence-electron chi connectivity index (χ4n) is 2.08. The van der Waals surface area contributed by atoms with E-state index < -0.39 is 0 Å². The number of amides is 1. The molecule has 0 unspecified atom stereocenters. The second-order valence-corrected chi connectivity index (χ2v) is 4.89. The van der Waals surface area contributed by atoms with Crippen molar-refractivity contribution in [3.05, 3.63) is 71.0 Å². The molecule has 0 aromatic heterocycles. The lowest BCUT2D eigenvalue weighted by molar-refractivity contribution is -0.120. The van der Waals surface area contributed by atoms with E-state index in [0.29, 0.717) is 31.5 Å². The molecule has 0 bridgehead atoms. The highest BCUT2D eigenvalue weighted by molar-refractivity contribution is 5.78. The van der Waals surface area contributed by atoms with E-state index >= 15 is 0 Å². The second kappa shape index (κ2) is 7.55. The molecule has 0 aliphatic rings. The SMILES string of the molecule is NCc1ccc(CC(=O)NCCc2ccccc2F)cc1. The summed E-state index contributed by atoms with van der Waals surface area (Å²) in [5, 5.41) is 2.81. The third kappa shape index (κ3) is 4.68. The van der Waals surface area contributed by atoms with Crippen molar-refractivity contribution in [3.63, 3.8) is 0 Å². The number of nitrogens with one attached hydrogen (secondary N) is 1. The lowest BCUT2D eigenvalue weighted by atomic mass is 10.1. The summed E-state index contributed by atoms with van der Waals surface area (Å²) < 4.78 is 13.4. The lowest BCUT2D eigenvalue weighted by Gasteiger charge is -2.07. The summed E-state index contributed by atoms with van der Waals surface area (Å²) in [6.45, 7) is 0.926. The van der Waals surface area contributed by atoms with Crippen LogP contribution in [0.15, 0.2) is 48.5 Å². The normalized spacial score (nSPS) is 10.4. The molecule has 0 saturated carbocycles. The molecule has 0 fully saturated rings. The maximum Gasteiger partial charge on any atom is 0.224 e. The number of hydrogen-bond donors (Lipinski definition) is 2. The summed E-state index contributed by atoms with van der Waals surface area (Å²) in [6.07, 6.45) is 0.812. The van der Waals surface area contributed by atoms with E-state index in [1.807, 2.05) is 24.3 Å². The minimum Gasteiger partial charge on any atom is -0.355 e. The highest BCUT2D eigenvalue weighted by Crippen LogP contribution is 2.07. The van der Waals surface area contributed by atoms with Crippen LogP contribution in [0.3, 0.4) is 0 Å². The predicted octanol–water partition coefficient (Wildman–Crippen LogP) is 2.19. The Balaban J connectivity index is 1.78. The molecule has 2 rings (SSSR count). The van der Waals surface area contributed by atoms with Crippen LogP contribution in [0.5, 0.6) is 0 Å². The van der Waals surface area contributed by atoms with Gasteiger partial charge in [-0.1, -0.05) is 42.5 Å². The van der Waals surface area contributed by atoms with Crippen LogP contribution in [0.4, 0.5) is 4.39 Å². The van der Waals surface area contributed by atoms with Gasteiger partial charge >= 0.3 is 0 Å². The highest BCUT2D eigenvalue weighted by atomic mass is 19.1. The van der Waals surface area contributed by atoms with Gasteiger partial charge < -0.3 is 11.1 Å². The molecule has 110 valence electrons. The molecule has 21 heavy (non-hydrogen) atoms. The summed E-state index contributed by atoms with van der Waals surface area (Å²) in [7, 11) is 0. The standard InChI is InChI=1S/C17H19FN2O/c18-16-4-2-1-3-15(16)9-10-20-17(21)11-13-5-7-14(12-19)8-6-13/h1-8H,9-12,19H2,(H,20,21). The van der Waals surface area contributed by atoms with Gasteiger partial charge in [0.05, 0.1) is 6.42 Å². The molecule has 3 N–H and O–H groups in total. The van der Waals surface area contributed by atoms with Crippen molar-refractivity contribution >= 4 is 5.91 Å². The minimum atomic E-state index is -0.232. The van der Waals surface area contributed by atoms with Crippen molar-refractivity contribution in [2.24, 2.45) is 5.73 Å². The monoisotopic (exact) mass is 286 g/mol. The largest absolute Gasteiger partial charge is 0.355 e. The quantitative estimate of drug-likeness (QED) is 0.855. The second-order valence-electron chi connectivity index (χ2n) is 4.89. The van der Waals surface area contributed by atoms with Crippen molar-refractivity contribution in [1.29, 1.82) is 0 Å². The Hall–Kier alpha value is -2.20. The molecule has 0 aliphatic carbocycles. The van der Waals surface area contributed by atoms with Gasteiger partial charge in [0.1, 0.15) is 5.82 Å². The number of carbonyl (C=O) groups is 1. The lowest BCUT2D eigenvalue weighted by Crippen LogP contribution is -2.27. The third-order valence-corrected chi connectivity index (χ3v) is 3.30. The van der Waals surface area contributed by atoms with Gasteiger partial charge in [-0.25, -0.2) is 4.39 Å². The van der Waals surface area contributed by atoms with Crippen LogP contribution < -0.4 is 11.1 Å². The number of halogens is 1. The van der Waals surface area contributed by atoms with Gasteiger partial charge in [0.2, 0.25) is 5.91 Å². The van der Waals surface area contributed by atoms with Crippen LogP contribution in [-0.4, -0.2) is 12.5 Å². The Labute approximate surface area is 124 Å². The van der Waals surface area contributed by atoms with Crippen LogP contribution in [0.25, 0.3) is 0 Å². The first-order valence-corrected chi connectivity index (χ1v) is 6.97. The molecule has 4 heteroatoms.